The molecule has 1 aromatic heterocycles. The molecular formula is C24H22N2O4. The highest BCUT2D eigenvalue weighted by atomic mass is 16.5. The van der Waals surface area contributed by atoms with E-state index >= 15 is 0 Å². The number of carboxylic acid groups (broad SMARTS) is 1. The summed E-state index contributed by atoms with van der Waals surface area (Å²) in [5.74, 6) is -0.384. The summed E-state index contributed by atoms with van der Waals surface area (Å²) in [6.45, 7) is 2.25. The van der Waals surface area contributed by atoms with E-state index in [2.05, 4.69) is 40.9 Å². The number of hydrogen-bond donors (Lipinski definition) is 1. The molecule has 0 saturated carbocycles. The molecule has 6 nitrogen and oxygen atoms in total. The van der Waals surface area contributed by atoms with E-state index in [0.717, 1.165) is 12.6 Å². The highest BCUT2D eigenvalue weighted by molar-refractivity contribution is 6.01. The van der Waals surface area contributed by atoms with Crippen molar-refractivity contribution in [3.05, 3.63) is 71.4 Å². The molecule has 2 aliphatic heterocycles. The normalized spacial score (nSPS) is 17.8. The van der Waals surface area contributed by atoms with Crippen LogP contribution < -0.4 is 4.74 Å². The molecule has 0 unspecified atom stereocenters. The number of Topliss-reactive ketones (excluding diaryl/α,β-unsaturated/α-hetero) is 1. The van der Waals surface area contributed by atoms with E-state index in [-0.39, 0.29) is 5.78 Å². The molecule has 2 aromatic carbocycles. The largest absolute Gasteiger partial charge is 0.483 e. The van der Waals surface area contributed by atoms with Gasteiger partial charge in [-0.25, -0.2) is 4.79 Å². The van der Waals surface area contributed by atoms with Crippen LogP contribution in [0.5, 0.6) is 5.75 Å². The topological polar surface area (TPSA) is 71.8 Å². The first-order chi connectivity index (χ1) is 14.4. The number of benzene rings is 2. The smallest absolute Gasteiger partial charge is 0.328 e. The lowest BCUT2D eigenvalue weighted by molar-refractivity contribution is -0.131. The lowest BCUT2D eigenvalue weighted by Crippen LogP contribution is -2.66. The summed E-state index contributed by atoms with van der Waals surface area (Å²) in [7, 11) is 2.06. The van der Waals surface area contributed by atoms with Crippen molar-refractivity contribution in [1.82, 2.24) is 9.47 Å². The van der Waals surface area contributed by atoms with Gasteiger partial charge in [-0.2, -0.15) is 0 Å². The van der Waals surface area contributed by atoms with E-state index in [1.807, 2.05) is 6.07 Å². The van der Waals surface area contributed by atoms with Crippen molar-refractivity contribution >= 4 is 28.7 Å². The molecule has 0 aliphatic carbocycles. The van der Waals surface area contributed by atoms with Gasteiger partial charge in [-0.05, 0) is 35.4 Å². The Morgan fingerprint density at radius 3 is 2.83 bits per heavy atom. The van der Waals surface area contributed by atoms with Crippen molar-refractivity contribution in [3.63, 3.8) is 0 Å². The highest BCUT2D eigenvalue weighted by Gasteiger charge is 2.49. The van der Waals surface area contributed by atoms with Crippen LogP contribution in [0.3, 0.4) is 0 Å². The number of hydrogen-bond acceptors (Lipinski definition) is 4. The molecule has 6 heteroatoms. The molecule has 3 aromatic rings. The van der Waals surface area contributed by atoms with Crippen LogP contribution in [-0.2, 0) is 18.4 Å². The fourth-order valence-corrected chi connectivity index (χ4v) is 4.63. The van der Waals surface area contributed by atoms with Gasteiger partial charge in [0.25, 0.3) is 0 Å². The summed E-state index contributed by atoms with van der Waals surface area (Å²) in [5.41, 5.74) is 3.23. The van der Waals surface area contributed by atoms with Gasteiger partial charge < -0.3 is 14.4 Å². The van der Waals surface area contributed by atoms with Gasteiger partial charge in [0.1, 0.15) is 11.4 Å². The molecule has 0 amide bonds. The Kier molecular flexibility index (Phi) is 4.25. The molecule has 30 heavy (non-hydrogen) atoms. The third-order valence-electron chi connectivity index (χ3n) is 5.93. The summed E-state index contributed by atoms with van der Waals surface area (Å²) in [6, 6.07) is 13.6. The number of likely N-dealkylation sites (tertiary alicyclic amines) is 1. The molecular weight excluding hydrogens is 380 g/mol. The molecule has 0 bridgehead atoms. The zero-order chi connectivity index (χ0) is 20.9. The number of aryl methyl sites for hydroxylation is 1. The summed E-state index contributed by atoms with van der Waals surface area (Å²) < 4.78 is 8.41. The zero-order valence-electron chi connectivity index (χ0n) is 16.7. The molecule has 0 atom stereocenters. The Hall–Kier alpha value is -3.38. The lowest BCUT2D eigenvalue weighted by atomic mass is 9.83. The Morgan fingerprint density at radius 1 is 1.23 bits per heavy atom. The summed E-state index contributed by atoms with van der Waals surface area (Å²) in [4.78, 5) is 25.8. The van der Waals surface area contributed by atoms with Crippen molar-refractivity contribution in [3.8, 4) is 5.75 Å². The molecule has 0 radical (unpaired) electrons. The van der Waals surface area contributed by atoms with Crippen LogP contribution in [0.25, 0.3) is 17.0 Å². The van der Waals surface area contributed by atoms with E-state index in [1.165, 1.54) is 22.5 Å². The van der Waals surface area contributed by atoms with Gasteiger partial charge in [-0.3, -0.25) is 9.69 Å². The molecule has 1 saturated heterocycles. The third-order valence-corrected chi connectivity index (χ3v) is 5.93. The van der Waals surface area contributed by atoms with E-state index in [1.54, 1.807) is 18.2 Å². The number of rotatable bonds is 4. The summed E-state index contributed by atoms with van der Waals surface area (Å²) >= 11 is 0. The number of para-hydroxylation sites is 1. The van der Waals surface area contributed by atoms with Gasteiger partial charge in [-0.1, -0.05) is 24.3 Å². The highest BCUT2D eigenvalue weighted by Crippen LogP contribution is 2.40. The minimum atomic E-state index is -1.02. The number of carboxylic acids is 1. The Balaban J connectivity index is 1.30. The van der Waals surface area contributed by atoms with E-state index in [4.69, 9.17) is 9.84 Å². The van der Waals surface area contributed by atoms with Crippen LogP contribution >= 0.6 is 0 Å². The van der Waals surface area contributed by atoms with Crippen LogP contribution in [-0.4, -0.2) is 45.0 Å². The summed E-state index contributed by atoms with van der Waals surface area (Å²) in [5, 5.41) is 10.0. The van der Waals surface area contributed by atoms with Crippen LogP contribution in [0.1, 0.15) is 27.9 Å². The maximum absolute atomic E-state index is 12.8. The zero-order valence-corrected chi connectivity index (χ0v) is 16.7. The van der Waals surface area contributed by atoms with Crippen LogP contribution in [0.15, 0.2) is 54.7 Å². The van der Waals surface area contributed by atoms with E-state index < -0.39 is 11.6 Å². The first kappa shape index (κ1) is 18.6. The van der Waals surface area contributed by atoms with E-state index in [9.17, 15) is 9.59 Å². The second kappa shape index (κ2) is 6.85. The van der Waals surface area contributed by atoms with Crippen LogP contribution in [0.2, 0.25) is 0 Å². The molecule has 2 aliphatic rings. The van der Waals surface area contributed by atoms with Crippen LogP contribution in [0.4, 0.5) is 0 Å². The number of ketones is 1. The molecule has 1 spiro atoms. The second-order valence-electron chi connectivity index (χ2n) is 8.24. The summed E-state index contributed by atoms with van der Waals surface area (Å²) in [6.07, 6.45) is 5.06. The predicted octanol–water partition coefficient (Wildman–Crippen LogP) is 3.50. The Bertz CT molecular complexity index is 1200. The Morgan fingerprint density at radius 2 is 2.03 bits per heavy atom. The third kappa shape index (κ3) is 3.19. The number of aliphatic carboxylic acids is 1. The number of fused-ring (bicyclic) bond motifs is 2. The van der Waals surface area contributed by atoms with Gasteiger partial charge in [0.15, 0.2) is 5.78 Å². The van der Waals surface area contributed by atoms with Gasteiger partial charge in [0.2, 0.25) is 0 Å². The average Bonchev–Trinajstić information content (AvgIpc) is 3.01. The van der Waals surface area contributed by atoms with Gasteiger partial charge in [-0.15, -0.1) is 0 Å². The Labute approximate surface area is 174 Å². The molecule has 1 fully saturated rings. The maximum atomic E-state index is 12.8. The van der Waals surface area contributed by atoms with Crippen molar-refractivity contribution < 1.29 is 19.4 Å². The van der Waals surface area contributed by atoms with Crippen molar-refractivity contribution in [1.29, 1.82) is 0 Å². The van der Waals surface area contributed by atoms with Crippen molar-refractivity contribution in [2.45, 2.75) is 18.6 Å². The number of nitrogens with zero attached hydrogens (tertiary/aromatic N) is 2. The molecule has 5 rings (SSSR count). The fourth-order valence-electron chi connectivity index (χ4n) is 4.63. The quantitative estimate of drug-likeness (QED) is 0.677. The first-order valence-electron chi connectivity index (χ1n) is 9.95. The van der Waals surface area contributed by atoms with Crippen molar-refractivity contribution in [2.24, 2.45) is 7.05 Å². The van der Waals surface area contributed by atoms with Crippen molar-refractivity contribution in [2.75, 3.05) is 13.1 Å². The minimum absolute atomic E-state index is 0.0478. The lowest BCUT2D eigenvalue weighted by Gasteiger charge is -2.51. The first-order valence-corrected chi connectivity index (χ1v) is 9.95. The molecule has 3 heterocycles. The maximum Gasteiger partial charge on any atom is 0.328 e. The van der Waals surface area contributed by atoms with Crippen LogP contribution in [0, 0.1) is 0 Å². The molecule has 1 N–H and O–H groups in total. The SMILES string of the molecule is Cn1cc(CN2CC3(CC(=O)c4cc(/C=C/C(=O)O)ccc4O3)C2)c2ccccc21. The number of carbonyl (C=O) groups excluding carboxylic acids is 1. The number of ether oxygens (including phenoxy) is 1. The standard InChI is InChI=1S/C24H22N2O4/c1-25-12-17(18-4-2-3-5-20(18)25)13-26-14-24(15-26)11-21(27)19-10-16(7-9-23(28)29)6-8-22(19)30-24/h2-10,12H,11,13-15H2,1H3,(H,28,29)/b9-7+. The monoisotopic (exact) mass is 402 g/mol. The average molecular weight is 402 g/mol. The predicted molar refractivity (Wildman–Crippen MR) is 114 cm³/mol. The molecule has 152 valence electrons. The fraction of sp³-hybridized carbons (Fsp3) is 0.250. The van der Waals surface area contributed by atoms with Gasteiger partial charge >= 0.3 is 5.97 Å². The number of carbonyl (C=O) groups is 2. The van der Waals surface area contributed by atoms with E-state index in [0.29, 0.717) is 36.4 Å². The second-order valence-corrected chi connectivity index (χ2v) is 8.24. The number of aromatic nitrogens is 1. The van der Waals surface area contributed by atoms with Gasteiger partial charge in [0.05, 0.1) is 12.0 Å². The van der Waals surface area contributed by atoms with Gasteiger partial charge in [0, 0.05) is 49.9 Å². The minimum Gasteiger partial charge on any atom is -0.483 e.